The molecule has 1 atom stereocenters. The first-order valence-corrected chi connectivity index (χ1v) is 7.66. The van der Waals surface area contributed by atoms with Crippen LogP contribution < -0.4 is 10.0 Å². The third-order valence-electron chi connectivity index (χ3n) is 3.09. The van der Waals surface area contributed by atoms with Crippen molar-refractivity contribution < 1.29 is 13.3 Å². The highest BCUT2D eigenvalue weighted by molar-refractivity contribution is 7.89. The van der Waals surface area contributed by atoms with Gasteiger partial charge in [-0.3, -0.25) is 10.1 Å². The van der Waals surface area contributed by atoms with Crippen LogP contribution in [0.1, 0.15) is 20.8 Å². The Morgan fingerprint density at radius 3 is 2.30 bits per heavy atom. The van der Waals surface area contributed by atoms with E-state index in [-0.39, 0.29) is 28.2 Å². The van der Waals surface area contributed by atoms with Crippen LogP contribution in [-0.4, -0.2) is 26.4 Å². The van der Waals surface area contributed by atoms with Gasteiger partial charge in [0.2, 0.25) is 10.0 Å². The summed E-state index contributed by atoms with van der Waals surface area (Å²) in [5.74, 6) is 0.122. The molecule has 0 spiro atoms. The molecule has 1 aromatic rings. The standard InChI is InChI=1S/C12H19N3O4S/c1-8(2)9(3)14-20(18,19)10-5-6-11(13-4)12(7-10)15(16)17/h5-9,13-14H,1-4H3. The molecule has 20 heavy (non-hydrogen) atoms. The molecule has 0 aromatic heterocycles. The monoisotopic (exact) mass is 301 g/mol. The summed E-state index contributed by atoms with van der Waals surface area (Å²) in [6, 6.07) is 3.52. The number of benzene rings is 1. The number of anilines is 1. The van der Waals surface area contributed by atoms with E-state index in [4.69, 9.17) is 0 Å². The second-order valence-corrected chi connectivity index (χ2v) is 6.55. The topological polar surface area (TPSA) is 101 Å². The van der Waals surface area contributed by atoms with Crippen LogP contribution in [-0.2, 0) is 10.0 Å². The summed E-state index contributed by atoms with van der Waals surface area (Å²) in [7, 11) is -2.23. The van der Waals surface area contributed by atoms with Crippen molar-refractivity contribution in [2.45, 2.75) is 31.7 Å². The molecule has 0 radical (unpaired) electrons. The summed E-state index contributed by atoms with van der Waals surface area (Å²) in [5, 5.41) is 13.6. The van der Waals surface area contributed by atoms with Gasteiger partial charge < -0.3 is 5.32 Å². The van der Waals surface area contributed by atoms with Gasteiger partial charge in [0.25, 0.3) is 5.69 Å². The van der Waals surface area contributed by atoms with Crippen LogP contribution in [0, 0.1) is 16.0 Å². The number of nitro groups is 1. The molecule has 0 aliphatic heterocycles. The average Bonchev–Trinajstić information content (AvgIpc) is 2.37. The van der Waals surface area contributed by atoms with E-state index in [2.05, 4.69) is 10.0 Å². The molecule has 0 saturated heterocycles. The van der Waals surface area contributed by atoms with Crippen molar-refractivity contribution in [3.8, 4) is 0 Å². The SMILES string of the molecule is CNc1ccc(S(=O)(=O)NC(C)C(C)C)cc1[N+](=O)[O-]. The molecule has 0 saturated carbocycles. The van der Waals surface area contributed by atoms with Crippen LogP contribution in [0.5, 0.6) is 0 Å². The molecule has 1 aromatic carbocycles. The molecule has 112 valence electrons. The minimum atomic E-state index is -3.77. The van der Waals surface area contributed by atoms with Crippen molar-refractivity contribution in [1.82, 2.24) is 4.72 Å². The lowest BCUT2D eigenvalue weighted by atomic mass is 10.1. The zero-order chi connectivity index (χ0) is 15.5. The lowest BCUT2D eigenvalue weighted by molar-refractivity contribution is -0.384. The lowest BCUT2D eigenvalue weighted by Gasteiger charge is -2.17. The summed E-state index contributed by atoms with van der Waals surface area (Å²) in [6.45, 7) is 5.53. The molecule has 1 rings (SSSR count). The van der Waals surface area contributed by atoms with E-state index in [1.54, 1.807) is 6.92 Å². The van der Waals surface area contributed by atoms with E-state index in [0.717, 1.165) is 6.07 Å². The molecule has 1 unspecified atom stereocenters. The molecule has 0 bridgehead atoms. The van der Waals surface area contributed by atoms with Gasteiger partial charge in [0, 0.05) is 19.2 Å². The van der Waals surface area contributed by atoms with Crippen LogP contribution in [0.15, 0.2) is 23.1 Å². The zero-order valence-corrected chi connectivity index (χ0v) is 12.7. The highest BCUT2D eigenvalue weighted by Crippen LogP contribution is 2.27. The maximum atomic E-state index is 12.2. The Bertz CT molecular complexity index is 599. The predicted molar refractivity (Wildman–Crippen MR) is 77.3 cm³/mol. The molecule has 7 nitrogen and oxygen atoms in total. The fourth-order valence-corrected chi connectivity index (χ4v) is 2.90. The molecule has 8 heteroatoms. The Morgan fingerprint density at radius 2 is 1.85 bits per heavy atom. The number of nitro benzene ring substituents is 1. The van der Waals surface area contributed by atoms with Crippen molar-refractivity contribution in [2.75, 3.05) is 12.4 Å². The Balaban J connectivity index is 3.20. The van der Waals surface area contributed by atoms with E-state index in [1.807, 2.05) is 13.8 Å². The van der Waals surface area contributed by atoms with E-state index in [1.165, 1.54) is 19.2 Å². The number of sulfonamides is 1. The second-order valence-electron chi connectivity index (χ2n) is 4.84. The first kappa shape index (κ1) is 16.4. The van der Waals surface area contributed by atoms with Crippen LogP contribution >= 0.6 is 0 Å². The fourth-order valence-electron chi connectivity index (χ4n) is 1.49. The molecule has 0 heterocycles. The van der Waals surface area contributed by atoms with Crippen molar-refractivity contribution >= 4 is 21.4 Å². The van der Waals surface area contributed by atoms with Gasteiger partial charge in [-0.25, -0.2) is 13.1 Å². The van der Waals surface area contributed by atoms with Gasteiger partial charge in [-0.1, -0.05) is 13.8 Å². The summed E-state index contributed by atoms with van der Waals surface area (Å²) in [6.07, 6.45) is 0. The normalized spacial score (nSPS) is 13.2. The molecular formula is C12H19N3O4S. The summed E-state index contributed by atoms with van der Waals surface area (Å²) in [5.41, 5.74) is -0.00145. The Kier molecular flexibility index (Phi) is 5.07. The van der Waals surface area contributed by atoms with Crippen LogP contribution in [0.25, 0.3) is 0 Å². The number of rotatable bonds is 6. The molecule has 0 aliphatic carbocycles. The highest BCUT2D eigenvalue weighted by atomic mass is 32.2. The van der Waals surface area contributed by atoms with Crippen LogP contribution in [0.2, 0.25) is 0 Å². The third kappa shape index (κ3) is 3.67. The summed E-state index contributed by atoms with van der Waals surface area (Å²) >= 11 is 0. The Hall–Kier alpha value is -1.67. The van der Waals surface area contributed by atoms with Crippen molar-refractivity contribution in [3.63, 3.8) is 0 Å². The minimum Gasteiger partial charge on any atom is -0.383 e. The van der Waals surface area contributed by atoms with Crippen LogP contribution in [0.4, 0.5) is 11.4 Å². The van der Waals surface area contributed by atoms with E-state index in [9.17, 15) is 18.5 Å². The molecule has 0 amide bonds. The molecule has 0 aliphatic rings. The quantitative estimate of drug-likeness (QED) is 0.618. The first-order chi connectivity index (χ1) is 9.19. The molecule has 0 fully saturated rings. The number of nitrogens with one attached hydrogen (secondary N) is 2. The largest absolute Gasteiger partial charge is 0.383 e. The van der Waals surface area contributed by atoms with Gasteiger partial charge in [-0.05, 0) is 25.0 Å². The van der Waals surface area contributed by atoms with E-state index < -0.39 is 14.9 Å². The van der Waals surface area contributed by atoms with Gasteiger partial charge in [0.1, 0.15) is 5.69 Å². The predicted octanol–water partition coefficient (Wildman–Crippen LogP) is 1.96. The van der Waals surface area contributed by atoms with Crippen molar-refractivity contribution in [2.24, 2.45) is 5.92 Å². The second kappa shape index (κ2) is 6.19. The molecule has 2 N–H and O–H groups in total. The van der Waals surface area contributed by atoms with Crippen molar-refractivity contribution in [1.29, 1.82) is 0 Å². The van der Waals surface area contributed by atoms with Gasteiger partial charge in [-0.15, -0.1) is 0 Å². The average molecular weight is 301 g/mol. The summed E-state index contributed by atoms with van der Waals surface area (Å²) < 4.78 is 26.8. The van der Waals surface area contributed by atoms with Crippen molar-refractivity contribution in [3.05, 3.63) is 28.3 Å². The number of hydrogen-bond acceptors (Lipinski definition) is 5. The minimum absolute atomic E-state index is 0.115. The first-order valence-electron chi connectivity index (χ1n) is 6.17. The van der Waals surface area contributed by atoms with Crippen LogP contribution in [0.3, 0.4) is 0 Å². The lowest BCUT2D eigenvalue weighted by Crippen LogP contribution is -2.36. The van der Waals surface area contributed by atoms with Gasteiger partial charge in [0.15, 0.2) is 0 Å². The molecular weight excluding hydrogens is 282 g/mol. The maximum absolute atomic E-state index is 12.2. The van der Waals surface area contributed by atoms with E-state index >= 15 is 0 Å². The summed E-state index contributed by atoms with van der Waals surface area (Å²) in [4.78, 5) is 10.2. The highest BCUT2D eigenvalue weighted by Gasteiger charge is 2.23. The Morgan fingerprint density at radius 1 is 1.25 bits per heavy atom. The maximum Gasteiger partial charge on any atom is 0.293 e. The number of nitrogens with zero attached hydrogens (tertiary/aromatic N) is 1. The van der Waals surface area contributed by atoms with Gasteiger partial charge >= 0.3 is 0 Å². The number of hydrogen-bond donors (Lipinski definition) is 2. The van der Waals surface area contributed by atoms with Gasteiger partial charge in [-0.2, -0.15) is 0 Å². The smallest absolute Gasteiger partial charge is 0.293 e. The Labute approximate surface area is 118 Å². The van der Waals surface area contributed by atoms with E-state index in [0.29, 0.717) is 0 Å². The van der Waals surface area contributed by atoms with Gasteiger partial charge in [0.05, 0.1) is 9.82 Å². The third-order valence-corrected chi connectivity index (χ3v) is 4.64. The fraction of sp³-hybridized carbons (Fsp3) is 0.500. The zero-order valence-electron chi connectivity index (χ0n) is 11.9.